The number of anilines is 1. The molecule has 5 nitrogen and oxygen atoms in total. The van der Waals surface area contributed by atoms with Gasteiger partial charge in [-0.2, -0.15) is 0 Å². The van der Waals surface area contributed by atoms with E-state index in [1.807, 2.05) is 31.3 Å². The number of hydrogen-bond donors (Lipinski definition) is 2. The molecule has 0 saturated carbocycles. The highest BCUT2D eigenvalue weighted by molar-refractivity contribution is 5.94. The van der Waals surface area contributed by atoms with Gasteiger partial charge in [0.1, 0.15) is 6.10 Å². The Morgan fingerprint density at radius 3 is 3.15 bits per heavy atom. The second-order valence-electron chi connectivity index (χ2n) is 5.14. The van der Waals surface area contributed by atoms with Crippen molar-refractivity contribution in [3.63, 3.8) is 0 Å². The fourth-order valence-corrected chi connectivity index (χ4v) is 2.25. The second kappa shape index (κ2) is 7.38. The van der Waals surface area contributed by atoms with E-state index in [0.29, 0.717) is 13.2 Å². The van der Waals surface area contributed by atoms with Crippen LogP contribution in [0.3, 0.4) is 0 Å². The van der Waals surface area contributed by atoms with E-state index < -0.39 is 6.10 Å². The smallest absolute Gasteiger partial charge is 0.254 e. The summed E-state index contributed by atoms with van der Waals surface area (Å²) in [6, 6.07) is 7.72. The lowest BCUT2D eigenvalue weighted by Crippen LogP contribution is -2.46. The molecule has 1 aromatic rings. The molecule has 1 fully saturated rings. The summed E-state index contributed by atoms with van der Waals surface area (Å²) in [4.78, 5) is 14.2. The Kier molecular flexibility index (Phi) is 5.52. The summed E-state index contributed by atoms with van der Waals surface area (Å²) >= 11 is 0. The van der Waals surface area contributed by atoms with E-state index in [2.05, 4.69) is 10.2 Å². The van der Waals surface area contributed by atoms with E-state index in [1.54, 1.807) is 0 Å². The van der Waals surface area contributed by atoms with E-state index in [1.165, 1.54) is 0 Å². The molecule has 1 aromatic carbocycles. The third kappa shape index (κ3) is 4.30. The highest BCUT2D eigenvalue weighted by Crippen LogP contribution is 2.14. The number of carbonyl (C=O) groups is 1. The van der Waals surface area contributed by atoms with Crippen LogP contribution in [0.25, 0.3) is 0 Å². The number of likely N-dealkylation sites (N-methyl/N-ethyl adjacent to an activating group) is 1. The van der Waals surface area contributed by atoms with Crippen molar-refractivity contribution < 1.29 is 14.6 Å². The Hall–Kier alpha value is -1.43. The summed E-state index contributed by atoms with van der Waals surface area (Å²) in [7, 11) is 1.98. The highest BCUT2D eigenvalue weighted by Gasteiger charge is 2.24. The van der Waals surface area contributed by atoms with Crippen molar-refractivity contribution >= 4 is 11.6 Å². The second-order valence-corrected chi connectivity index (χ2v) is 5.14. The zero-order valence-corrected chi connectivity index (χ0v) is 11.8. The van der Waals surface area contributed by atoms with Gasteiger partial charge in [-0.05, 0) is 37.6 Å². The first kappa shape index (κ1) is 15.0. The van der Waals surface area contributed by atoms with Gasteiger partial charge in [0.15, 0.2) is 0 Å². The van der Waals surface area contributed by atoms with Crippen molar-refractivity contribution in [1.29, 1.82) is 0 Å². The predicted octanol–water partition coefficient (Wildman–Crippen LogP) is 0.881. The van der Waals surface area contributed by atoms with Gasteiger partial charge in [-0.25, -0.2) is 0 Å². The summed E-state index contributed by atoms with van der Waals surface area (Å²) < 4.78 is 5.49. The lowest BCUT2D eigenvalue weighted by atomic mass is 10.1. The minimum Gasteiger partial charge on any atom is -0.396 e. The maximum absolute atomic E-state index is 12.1. The number of amides is 1. The summed E-state index contributed by atoms with van der Waals surface area (Å²) in [6.07, 6.45) is 1.13. The van der Waals surface area contributed by atoms with Crippen LogP contribution in [0.5, 0.6) is 0 Å². The maximum atomic E-state index is 12.1. The van der Waals surface area contributed by atoms with Crippen LogP contribution in [0.4, 0.5) is 5.69 Å². The van der Waals surface area contributed by atoms with Gasteiger partial charge in [-0.3, -0.25) is 4.79 Å². The van der Waals surface area contributed by atoms with Crippen LogP contribution in [-0.2, 0) is 16.0 Å². The molecule has 1 saturated heterocycles. The number of nitrogens with zero attached hydrogens (tertiary/aromatic N) is 1. The fraction of sp³-hybridized carbons (Fsp3) is 0.533. The topological polar surface area (TPSA) is 61.8 Å². The summed E-state index contributed by atoms with van der Waals surface area (Å²) in [5, 5.41) is 11.7. The Labute approximate surface area is 119 Å². The average molecular weight is 278 g/mol. The van der Waals surface area contributed by atoms with Gasteiger partial charge < -0.3 is 20.1 Å². The number of aryl methyl sites for hydroxylation is 1. The van der Waals surface area contributed by atoms with Crippen LogP contribution in [0.1, 0.15) is 12.0 Å². The molecular formula is C15H22N2O3. The van der Waals surface area contributed by atoms with Gasteiger partial charge in [0.2, 0.25) is 0 Å². The number of nitrogens with one attached hydrogen (secondary N) is 1. The SMILES string of the molecule is CN1CCO[C@@H](C(=O)Nc2cccc(CCCO)c2)C1. The Morgan fingerprint density at radius 1 is 1.55 bits per heavy atom. The number of ether oxygens (including phenoxy) is 1. The standard InChI is InChI=1S/C15H22N2O3/c1-17-7-9-20-14(11-17)15(19)16-13-6-2-4-12(10-13)5-3-8-18/h2,4,6,10,14,18H,3,5,7-9,11H2,1H3,(H,16,19)/t14-/m1/s1. The Bertz CT molecular complexity index is 450. The molecule has 1 aliphatic heterocycles. The van der Waals surface area contributed by atoms with E-state index >= 15 is 0 Å². The first-order chi connectivity index (χ1) is 9.69. The molecule has 0 aliphatic carbocycles. The number of morpholine rings is 1. The zero-order valence-electron chi connectivity index (χ0n) is 11.8. The van der Waals surface area contributed by atoms with Crippen molar-refractivity contribution in [1.82, 2.24) is 4.90 Å². The van der Waals surface area contributed by atoms with Crippen molar-refractivity contribution in [3.8, 4) is 0 Å². The molecule has 1 aliphatic rings. The number of rotatable bonds is 5. The summed E-state index contributed by atoms with van der Waals surface area (Å²) in [5.41, 5.74) is 1.89. The zero-order chi connectivity index (χ0) is 14.4. The van der Waals surface area contributed by atoms with E-state index in [-0.39, 0.29) is 12.5 Å². The van der Waals surface area contributed by atoms with E-state index in [0.717, 1.165) is 30.6 Å². The number of carbonyl (C=O) groups excluding carboxylic acids is 1. The normalized spacial score (nSPS) is 19.8. The molecule has 1 atom stereocenters. The minimum atomic E-state index is -0.408. The van der Waals surface area contributed by atoms with Crippen LogP contribution in [0, 0.1) is 0 Å². The van der Waals surface area contributed by atoms with Gasteiger partial charge >= 0.3 is 0 Å². The molecule has 1 amide bonds. The third-order valence-corrected chi connectivity index (χ3v) is 3.38. The van der Waals surface area contributed by atoms with Gasteiger partial charge in [0.05, 0.1) is 6.61 Å². The van der Waals surface area contributed by atoms with Crippen molar-refractivity contribution in [2.45, 2.75) is 18.9 Å². The predicted molar refractivity (Wildman–Crippen MR) is 77.7 cm³/mol. The highest BCUT2D eigenvalue weighted by atomic mass is 16.5. The van der Waals surface area contributed by atoms with Gasteiger partial charge in [-0.15, -0.1) is 0 Å². The lowest BCUT2D eigenvalue weighted by molar-refractivity contribution is -0.132. The first-order valence-electron chi connectivity index (χ1n) is 7.00. The molecule has 2 N–H and O–H groups in total. The monoisotopic (exact) mass is 278 g/mol. The molecule has 5 heteroatoms. The maximum Gasteiger partial charge on any atom is 0.254 e. The van der Waals surface area contributed by atoms with Crippen molar-refractivity contribution in [2.75, 3.05) is 38.7 Å². The molecular weight excluding hydrogens is 256 g/mol. The third-order valence-electron chi connectivity index (χ3n) is 3.38. The Balaban J connectivity index is 1.93. The largest absolute Gasteiger partial charge is 0.396 e. The van der Waals surface area contributed by atoms with E-state index in [4.69, 9.17) is 9.84 Å². The number of aliphatic hydroxyl groups is 1. The van der Waals surface area contributed by atoms with Crippen LogP contribution in [0.2, 0.25) is 0 Å². The summed E-state index contributed by atoms with van der Waals surface area (Å²) in [5.74, 6) is -0.101. The average Bonchev–Trinajstić information content (AvgIpc) is 2.45. The van der Waals surface area contributed by atoms with Crippen LogP contribution in [0.15, 0.2) is 24.3 Å². The van der Waals surface area contributed by atoms with Crippen molar-refractivity contribution in [2.24, 2.45) is 0 Å². The lowest BCUT2D eigenvalue weighted by Gasteiger charge is -2.29. The molecule has 110 valence electrons. The van der Waals surface area contributed by atoms with E-state index in [9.17, 15) is 4.79 Å². The van der Waals surface area contributed by atoms with Crippen molar-refractivity contribution in [3.05, 3.63) is 29.8 Å². The van der Waals surface area contributed by atoms with Crippen LogP contribution < -0.4 is 5.32 Å². The van der Waals surface area contributed by atoms with Crippen LogP contribution in [-0.4, -0.2) is 55.4 Å². The molecule has 20 heavy (non-hydrogen) atoms. The molecule has 1 heterocycles. The molecule has 0 unspecified atom stereocenters. The van der Waals surface area contributed by atoms with Gasteiger partial charge in [-0.1, -0.05) is 12.1 Å². The van der Waals surface area contributed by atoms with Gasteiger partial charge in [0, 0.05) is 25.4 Å². The quantitative estimate of drug-likeness (QED) is 0.839. The Morgan fingerprint density at radius 2 is 2.40 bits per heavy atom. The fourth-order valence-electron chi connectivity index (χ4n) is 2.25. The summed E-state index contributed by atoms with van der Waals surface area (Å²) in [6.45, 7) is 2.25. The molecule has 2 rings (SSSR count). The first-order valence-corrected chi connectivity index (χ1v) is 7.00. The number of aliphatic hydroxyl groups excluding tert-OH is 1. The molecule has 0 bridgehead atoms. The number of hydrogen-bond acceptors (Lipinski definition) is 4. The molecule has 0 aromatic heterocycles. The van der Waals surface area contributed by atoms with Crippen LogP contribution >= 0.6 is 0 Å². The minimum absolute atomic E-state index is 0.101. The molecule has 0 radical (unpaired) electrons. The number of benzene rings is 1. The molecule has 0 spiro atoms. The van der Waals surface area contributed by atoms with Gasteiger partial charge in [0.25, 0.3) is 5.91 Å².